The third-order valence-corrected chi connectivity index (χ3v) is 4.91. The number of aliphatic imine (C=N–C) groups is 1. The van der Waals surface area contributed by atoms with Crippen LogP contribution >= 0.6 is 0 Å². The summed E-state index contributed by atoms with van der Waals surface area (Å²) in [6, 6.07) is 17.0. The molecule has 0 aromatic heterocycles. The van der Waals surface area contributed by atoms with Crippen LogP contribution in [-0.4, -0.2) is 31.2 Å². The molecule has 0 spiro atoms. The lowest BCUT2D eigenvalue weighted by molar-refractivity contribution is -0.120. The Morgan fingerprint density at radius 1 is 1.17 bits per heavy atom. The van der Waals surface area contributed by atoms with Crippen LogP contribution in [0.15, 0.2) is 70.4 Å². The number of carbonyl (C=O) groups is 1. The fourth-order valence-corrected chi connectivity index (χ4v) is 3.56. The number of nitrogens with one attached hydrogen (secondary N) is 4. The van der Waals surface area contributed by atoms with Gasteiger partial charge in [0.2, 0.25) is 5.91 Å². The molecule has 4 N–H and O–H groups in total. The van der Waals surface area contributed by atoms with E-state index in [1.54, 1.807) is 25.4 Å². The topological polar surface area (TPSA) is 125 Å². The van der Waals surface area contributed by atoms with Gasteiger partial charge in [0.1, 0.15) is 0 Å². The highest BCUT2D eigenvalue weighted by Gasteiger charge is 2.32. The molecule has 0 saturated heterocycles. The van der Waals surface area contributed by atoms with E-state index in [-0.39, 0.29) is 24.1 Å². The van der Waals surface area contributed by atoms with Gasteiger partial charge in [-0.05, 0) is 16.7 Å². The molecule has 0 bridgehead atoms. The van der Waals surface area contributed by atoms with Gasteiger partial charge in [0.15, 0.2) is 5.84 Å². The monoisotopic (exact) mass is 386 g/mol. The van der Waals surface area contributed by atoms with Gasteiger partial charge in [0.05, 0.1) is 5.92 Å². The van der Waals surface area contributed by atoms with Crippen LogP contribution in [0.25, 0.3) is 5.57 Å². The van der Waals surface area contributed by atoms with Gasteiger partial charge in [0.25, 0.3) is 0 Å². The van der Waals surface area contributed by atoms with Crippen LogP contribution in [0, 0.1) is 22.3 Å². The Morgan fingerprint density at radius 3 is 2.45 bits per heavy atom. The van der Waals surface area contributed by atoms with Crippen molar-refractivity contribution in [2.24, 2.45) is 16.0 Å². The molecule has 1 aliphatic rings. The van der Waals surface area contributed by atoms with Crippen molar-refractivity contribution in [1.29, 1.82) is 16.3 Å². The second-order valence-electron chi connectivity index (χ2n) is 6.68. The predicted octanol–water partition coefficient (Wildman–Crippen LogP) is 4.02. The molecule has 0 fully saturated rings. The predicted molar refractivity (Wildman–Crippen MR) is 114 cm³/mol. The number of allylic oxidation sites excluding steroid dienone is 2. The molecule has 7 nitrogen and oxygen atoms in total. The van der Waals surface area contributed by atoms with Gasteiger partial charge in [-0.3, -0.25) is 15.2 Å². The minimum absolute atomic E-state index is 0.111. The molecule has 7 heteroatoms. The summed E-state index contributed by atoms with van der Waals surface area (Å²) in [5.41, 5.74) is 11.1. The largest absolute Gasteiger partial charge is 0.328 e. The lowest BCUT2D eigenvalue weighted by Crippen LogP contribution is -2.36. The number of amides is 1. The first-order chi connectivity index (χ1) is 14.1. The van der Waals surface area contributed by atoms with Crippen molar-refractivity contribution in [1.82, 2.24) is 5.32 Å². The zero-order chi connectivity index (χ0) is 20.8. The molecular weight excluding hydrogens is 364 g/mol. The van der Waals surface area contributed by atoms with Crippen LogP contribution in [0.5, 0.6) is 0 Å². The molecule has 2 aromatic carbocycles. The van der Waals surface area contributed by atoms with E-state index in [2.05, 4.69) is 15.4 Å². The maximum Gasteiger partial charge on any atom is 0.225 e. The zero-order valence-corrected chi connectivity index (χ0v) is 16.0. The van der Waals surface area contributed by atoms with Crippen LogP contribution in [0.3, 0.4) is 0 Å². The summed E-state index contributed by atoms with van der Waals surface area (Å²) in [5, 5.41) is 21.6. The van der Waals surface area contributed by atoms with Crippen molar-refractivity contribution in [3.05, 3.63) is 77.0 Å². The summed E-state index contributed by atoms with van der Waals surface area (Å²) in [6.45, 7) is 0. The highest BCUT2D eigenvalue weighted by molar-refractivity contribution is 5.98. The highest BCUT2D eigenvalue weighted by atomic mass is 16.1. The van der Waals surface area contributed by atoms with Crippen LogP contribution in [-0.2, 0) is 4.79 Å². The summed E-state index contributed by atoms with van der Waals surface area (Å²) in [6.07, 6.45) is 3.20. The molecule has 146 valence electrons. The number of hydrogen-bond donors (Lipinski definition) is 4. The number of rotatable bonds is 6. The molecule has 1 aliphatic heterocycles. The fourth-order valence-electron chi connectivity index (χ4n) is 3.56. The van der Waals surface area contributed by atoms with Crippen LogP contribution in [0.2, 0.25) is 0 Å². The van der Waals surface area contributed by atoms with Crippen molar-refractivity contribution in [2.75, 3.05) is 7.05 Å². The van der Waals surface area contributed by atoms with Crippen molar-refractivity contribution in [3.63, 3.8) is 0 Å². The van der Waals surface area contributed by atoms with E-state index in [4.69, 9.17) is 16.3 Å². The first kappa shape index (κ1) is 20.0. The van der Waals surface area contributed by atoms with Crippen LogP contribution < -0.4 is 5.32 Å². The van der Waals surface area contributed by atoms with Gasteiger partial charge >= 0.3 is 0 Å². The summed E-state index contributed by atoms with van der Waals surface area (Å²) in [4.78, 5) is 16.6. The Hall–Kier alpha value is -3.74. The van der Waals surface area contributed by atoms with E-state index in [1.807, 2.05) is 42.5 Å². The molecule has 1 heterocycles. The average molecular weight is 386 g/mol. The Kier molecular flexibility index (Phi) is 6.19. The number of nitrogens with zero attached hydrogens (tertiary/aromatic N) is 2. The number of carbonyl (C=O) groups excluding carboxylic acids is 1. The van der Waals surface area contributed by atoms with Crippen LogP contribution in [0.4, 0.5) is 0 Å². The zero-order valence-electron chi connectivity index (χ0n) is 16.0. The van der Waals surface area contributed by atoms with Crippen molar-refractivity contribution in [2.45, 2.75) is 12.3 Å². The highest BCUT2D eigenvalue weighted by Crippen LogP contribution is 2.40. The van der Waals surface area contributed by atoms with Crippen LogP contribution in [0.1, 0.15) is 29.0 Å². The van der Waals surface area contributed by atoms with E-state index in [9.17, 15) is 4.79 Å². The maximum absolute atomic E-state index is 12.5. The quantitative estimate of drug-likeness (QED) is 0.334. The van der Waals surface area contributed by atoms with Gasteiger partial charge in [0, 0.05) is 43.1 Å². The standard InChI is InChI=1S/C22H22N6O/c1-26-13-17(12-23)21-20(15-5-3-2-4-6-15)18(11-19(29)27-21)14-7-9-16(10-8-14)22(24)28-25/h2-10,12-13,17-18,23-25H,11H2,1H3,(H,27,29). The summed E-state index contributed by atoms with van der Waals surface area (Å²) in [5.74, 6) is -0.860. The molecule has 1 amide bonds. The number of hydrogen-bond acceptors (Lipinski definition) is 5. The third-order valence-electron chi connectivity index (χ3n) is 4.91. The first-order valence-corrected chi connectivity index (χ1v) is 9.17. The molecular formula is C22H22N6O. The van der Waals surface area contributed by atoms with E-state index < -0.39 is 5.92 Å². The van der Waals surface area contributed by atoms with Crippen molar-refractivity contribution >= 4 is 29.7 Å². The SMILES string of the molecule is CN=CC(C=N)C1=C(c2ccccc2)C(c2ccc(C(=N)N=N)cc2)CC(=O)N1. The van der Waals surface area contributed by atoms with Gasteiger partial charge < -0.3 is 10.7 Å². The first-order valence-electron chi connectivity index (χ1n) is 9.17. The van der Waals surface area contributed by atoms with Crippen molar-refractivity contribution < 1.29 is 4.79 Å². The van der Waals surface area contributed by atoms with E-state index in [0.29, 0.717) is 11.3 Å². The molecule has 0 radical (unpaired) electrons. The Labute approximate surface area is 169 Å². The second kappa shape index (κ2) is 8.97. The maximum atomic E-state index is 12.5. The fraction of sp³-hybridized carbons (Fsp3) is 0.182. The smallest absolute Gasteiger partial charge is 0.225 e. The Balaban J connectivity index is 2.17. The molecule has 0 saturated carbocycles. The van der Waals surface area contributed by atoms with Crippen molar-refractivity contribution in [3.8, 4) is 0 Å². The van der Waals surface area contributed by atoms with E-state index in [0.717, 1.165) is 16.7 Å². The Morgan fingerprint density at radius 2 is 1.86 bits per heavy atom. The third kappa shape index (κ3) is 4.24. The normalized spacial score (nSPS) is 17.7. The van der Waals surface area contributed by atoms with E-state index >= 15 is 0 Å². The van der Waals surface area contributed by atoms with Gasteiger partial charge in [-0.15, -0.1) is 5.11 Å². The minimum Gasteiger partial charge on any atom is -0.328 e. The summed E-state index contributed by atoms with van der Waals surface area (Å²) in [7, 11) is 1.65. The van der Waals surface area contributed by atoms with E-state index in [1.165, 1.54) is 6.21 Å². The molecule has 3 rings (SSSR count). The lowest BCUT2D eigenvalue weighted by atomic mass is 9.78. The summed E-state index contributed by atoms with van der Waals surface area (Å²) >= 11 is 0. The second-order valence-corrected chi connectivity index (χ2v) is 6.68. The van der Waals surface area contributed by atoms with Gasteiger partial charge in [-0.25, -0.2) is 5.53 Å². The lowest BCUT2D eigenvalue weighted by Gasteiger charge is -2.31. The summed E-state index contributed by atoms with van der Waals surface area (Å²) < 4.78 is 0. The molecule has 2 atom stereocenters. The Bertz CT molecular complexity index is 992. The van der Waals surface area contributed by atoms with Gasteiger partial charge in [-0.2, -0.15) is 0 Å². The molecule has 2 unspecified atom stereocenters. The minimum atomic E-state index is -0.434. The number of benzene rings is 2. The molecule has 0 aliphatic carbocycles. The average Bonchev–Trinajstić information content (AvgIpc) is 2.77. The molecule has 29 heavy (non-hydrogen) atoms. The van der Waals surface area contributed by atoms with Gasteiger partial charge in [-0.1, -0.05) is 54.6 Å². The number of amidine groups is 1. The molecule has 2 aromatic rings.